The van der Waals surface area contributed by atoms with Crippen molar-refractivity contribution in [2.75, 3.05) is 16.4 Å². The van der Waals surface area contributed by atoms with Crippen molar-refractivity contribution in [2.45, 2.75) is 12.5 Å². The third-order valence-electron chi connectivity index (χ3n) is 3.97. The van der Waals surface area contributed by atoms with Crippen LogP contribution in [0, 0.1) is 0 Å². The Hall–Kier alpha value is -1.56. The van der Waals surface area contributed by atoms with Crippen LogP contribution in [0.15, 0.2) is 48.5 Å². The van der Waals surface area contributed by atoms with Crippen LogP contribution in [-0.2, 0) is 9.84 Å². The van der Waals surface area contributed by atoms with Gasteiger partial charge in [0, 0.05) is 21.3 Å². The zero-order valence-corrected chi connectivity index (χ0v) is 15.0. The molecule has 126 valence electrons. The number of benzene rings is 2. The molecule has 1 aliphatic heterocycles. The number of hydrogen-bond acceptors (Lipinski definition) is 3. The smallest absolute Gasteiger partial charge is 0.258 e. The van der Waals surface area contributed by atoms with Gasteiger partial charge in [0.05, 0.1) is 17.5 Å². The summed E-state index contributed by atoms with van der Waals surface area (Å²) in [5.74, 6) is -0.224. The largest absolute Gasteiger partial charge is 0.304 e. The van der Waals surface area contributed by atoms with E-state index in [2.05, 4.69) is 0 Å². The van der Waals surface area contributed by atoms with Crippen LogP contribution in [0.25, 0.3) is 0 Å². The summed E-state index contributed by atoms with van der Waals surface area (Å²) in [6, 6.07) is 13.0. The molecule has 1 heterocycles. The Morgan fingerprint density at radius 1 is 1.04 bits per heavy atom. The van der Waals surface area contributed by atoms with Crippen LogP contribution in [0.2, 0.25) is 10.0 Å². The second-order valence-corrected chi connectivity index (χ2v) is 8.82. The van der Waals surface area contributed by atoms with E-state index in [1.165, 1.54) is 4.90 Å². The van der Waals surface area contributed by atoms with Gasteiger partial charge in [0.2, 0.25) is 0 Å². The molecule has 0 aliphatic carbocycles. The lowest BCUT2D eigenvalue weighted by molar-refractivity contribution is 0.0979. The van der Waals surface area contributed by atoms with Crippen molar-refractivity contribution in [2.24, 2.45) is 0 Å². The molecule has 0 bridgehead atoms. The third kappa shape index (κ3) is 3.74. The second-order valence-electron chi connectivity index (χ2n) is 5.72. The molecule has 1 atom stereocenters. The van der Waals surface area contributed by atoms with E-state index in [0.717, 1.165) is 0 Å². The standard InChI is InChI=1S/C17H15Cl2NO3S/c18-13-6-4-12(5-7-13)17(21)20(15-3-1-2-14(19)10-15)16-8-9-24(22,23)11-16/h1-7,10,16H,8-9,11H2. The summed E-state index contributed by atoms with van der Waals surface area (Å²) in [6.07, 6.45) is 0.411. The molecule has 0 aromatic heterocycles. The Bertz CT molecular complexity index is 866. The average molecular weight is 384 g/mol. The monoisotopic (exact) mass is 383 g/mol. The van der Waals surface area contributed by atoms with E-state index < -0.39 is 15.9 Å². The molecule has 1 fully saturated rings. The van der Waals surface area contributed by atoms with Crippen LogP contribution in [0.4, 0.5) is 5.69 Å². The van der Waals surface area contributed by atoms with Gasteiger partial charge in [-0.25, -0.2) is 8.42 Å². The number of carbonyl (C=O) groups is 1. The number of amides is 1. The van der Waals surface area contributed by atoms with Crippen LogP contribution in [0.3, 0.4) is 0 Å². The van der Waals surface area contributed by atoms with Crippen LogP contribution >= 0.6 is 23.2 Å². The van der Waals surface area contributed by atoms with Crippen LogP contribution in [0.1, 0.15) is 16.8 Å². The summed E-state index contributed by atoms with van der Waals surface area (Å²) in [5.41, 5.74) is 1.04. The lowest BCUT2D eigenvalue weighted by atomic mass is 10.1. The van der Waals surface area contributed by atoms with E-state index in [1.807, 2.05) is 0 Å². The first-order chi connectivity index (χ1) is 11.4. The molecule has 1 amide bonds. The highest BCUT2D eigenvalue weighted by Gasteiger charge is 2.36. The maximum atomic E-state index is 13.0. The maximum Gasteiger partial charge on any atom is 0.258 e. The van der Waals surface area contributed by atoms with Gasteiger partial charge in [0.25, 0.3) is 5.91 Å². The molecular weight excluding hydrogens is 369 g/mol. The summed E-state index contributed by atoms with van der Waals surface area (Å²) in [4.78, 5) is 14.5. The maximum absolute atomic E-state index is 13.0. The minimum Gasteiger partial charge on any atom is -0.304 e. The molecule has 0 spiro atoms. The molecular formula is C17H15Cl2NO3S. The predicted molar refractivity (Wildman–Crippen MR) is 96.8 cm³/mol. The molecule has 1 unspecified atom stereocenters. The Morgan fingerprint density at radius 3 is 2.33 bits per heavy atom. The molecule has 3 rings (SSSR count). The third-order valence-corrected chi connectivity index (χ3v) is 6.21. The molecule has 7 heteroatoms. The quantitative estimate of drug-likeness (QED) is 0.808. The topological polar surface area (TPSA) is 54.5 Å². The molecule has 0 N–H and O–H groups in total. The van der Waals surface area contributed by atoms with Crippen LogP contribution < -0.4 is 4.90 Å². The minimum atomic E-state index is -3.13. The van der Waals surface area contributed by atoms with Gasteiger partial charge in [-0.05, 0) is 48.9 Å². The average Bonchev–Trinajstić information content (AvgIpc) is 2.88. The molecule has 24 heavy (non-hydrogen) atoms. The van der Waals surface area contributed by atoms with Gasteiger partial charge in [-0.2, -0.15) is 0 Å². The molecule has 1 saturated heterocycles. The highest BCUT2D eigenvalue weighted by Crippen LogP contribution is 2.28. The first-order valence-electron chi connectivity index (χ1n) is 7.41. The molecule has 2 aromatic carbocycles. The molecule has 2 aromatic rings. The van der Waals surface area contributed by atoms with Crippen molar-refractivity contribution in [1.29, 1.82) is 0 Å². The zero-order chi connectivity index (χ0) is 17.3. The SMILES string of the molecule is O=C(c1ccc(Cl)cc1)N(c1cccc(Cl)c1)C1CCS(=O)(=O)C1. The van der Waals surface area contributed by atoms with Crippen molar-refractivity contribution < 1.29 is 13.2 Å². The van der Waals surface area contributed by atoms with E-state index >= 15 is 0 Å². The highest BCUT2D eigenvalue weighted by molar-refractivity contribution is 7.91. The number of carbonyl (C=O) groups excluding carboxylic acids is 1. The fourth-order valence-electron chi connectivity index (χ4n) is 2.83. The van der Waals surface area contributed by atoms with Gasteiger partial charge < -0.3 is 4.90 Å². The predicted octanol–water partition coefficient (Wildman–Crippen LogP) is 3.83. The number of hydrogen-bond donors (Lipinski definition) is 0. The van der Waals surface area contributed by atoms with Gasteiger partial charge in [-0.15, -0.1) is 0 Å². The molecule has 0 radical (unpaired) electrons. The van der Waals surface area contributed by atoms with Gasteiger partial charge in [0.15, 0.2) is 9.84 Å². The van der Waals surface area contributed by atoms with Crippen molar-refractivity contribution in [1.82, 2.24) is 0 Å². The summed E-state index contributed by atoms with van der Waals surface area (Å²) in [5, 5.41) is 1.02. The van der Waals surface area contributed by atoms with E-state index in [4.69, 9.17) is 23.2 Å². The molecule has 4 nitrogen and oxygen atoms in total. The summed E-state index contributed by atoms with van der Waals surface area (Å²) >= 11 is 11.9. The van der Waals surface area contributed by atoms with Crippen molar-refractivity contribution in [3.8, 4) is 0 Å². The van der Waals surface area contributed by atoms with Crippen molar-refractivity contribution in [3.05, 3.63) is 64.1 Å². The zero-order valence-electron chi connectivity index (χ0n) is 12.7. The number of rotatable bonds is 3. The summed E-state index contributed by atoms with van der Waals surface area (Å²) in [7, 11) is -3.13. The lowest BCUT2D eigenvalue weighted by Crippen LogP contribution is -2.41. The van der Waals surface area contributed by atoms with Gasteiger partial charge in [-0.1, -0.05) is 29.3 Å². The first kappa shape index (κ1) is 17.3. The van der Waals surface area contributed by atoms with E-state index in [1.54, 1.807) is 48.5 Å². The van der Waals surface area contributed by atoms with Gasteiger partial charge in [0.1, 0.15) is 0 Å². The minimum absolute atomic E-state index is 0.0428. The van der Waals surface area contributed by atoms with E-state index in [-0.39, 0.29) is 17.4 Å². The number of halogens is 2. The lowest BCUT2D eigenvalue weighted by Gasteiger charge is -2.28. The van der Waals surface area contributed by atoms with Crippen molar-refractivity contribution >= 4 is 44.6 Å². The number of anilines is 1. The van der Waals surface area contributed by atoms with Gasteiger partial charge >= 0.3 is 0 Å². The number of sulfone groups is 1. The summed E-state index contributed by atoms with van der Waals surface area (Å²) < 4.78 is 23.7. The Balaban J connectivity index is 2.01. The van der Waals surface area contributed by atoms with Crippen LogP contribution in [-0.4, -0.2) is 31.9 Å². The first-order valence-corrected chi connectivity index (χ1v) is 9.98. The fourth-order valence-corrected chi connectivity index (χ4v) is 4.84. The Kier molecular flexibility index (Phi) is 4.85. The summed E-state index contributed by atoms with van der Waals surface area (Å²) in [6.45, 7) is 0. The second kappa shape index (κ2) is 6.75. The van der Waals surface area contributed by atoms with E-state index in [9.17, 15) is 13.2 Å². The highest BCUT2D eigenvalue weighted by atomic mass is 35.5. The molecule has 1 aliphatic rings. The Morgan fingerprint density at radius 2 is 1.75 bits per heavy atom. The number of nitrogens with zero attached hydrogens (tertiary/aromatic N) is 1. The van der Waals surface area contributed by atoms with Crippen LogP contribution in [0.5, 0.6) is 0 Å². The normalized spacial score (nSPS) is 19.2. The fraction of sp³-hybridized carbons (Fsp3) is 0.235. The van der Waals surface area contributed by atoms with Crippen molar-refractivity contribution in [3.63, 3.8) is 0 Å². The molecule has 0 saturated carbocycles. The Labute approximate surface area is 150 Å². The van der Waals surface area contributed by atoms with Gasteiger partial charge in [-0.3, -0.25) is 4.79 Å². The van der Waals surface area contributed by atoms with E-state index in [0.29, 0.717) is 27.7 Å².